The van der Waals surface area contributed by atoms with E-state index in [9.17, 15) is 5.26 Å². The largest absolute Gasteiger partial charge is 0.212 e. The molecule has 0 saturated carbocycles. The lowest BCUT2D eigenvalue weighted by Gasteiger charge is -2.27. The molecule has 1 aromatic heterocycles. The summed E-state index contributed by atoms with van der Waals surface area (Å²) in [6.45, 7) is 6.82. The molecule has 4 aromatic carbocycles. The monoisotopic (exact) mass is 477 g/mol. The Hall–Kier alpha value is -4.48. The van der Waals surface area contributed by atoms with Gasteiger partial charge in [-0.2, -0.15) is 5.26 Å². The van der Waals surface area contributed by atoms with Crippen LogP contribution in [0.3, 0.4) is 0 Å². The third-order valence-corrected chi connectivity index (χ3v) is 7.87. The smallest absolute Gasteiger partial charge is 0.201 e. The van der Waals surface area contributed by atoms with E-state index in [1.54, 1.807) is 0 Å². The molecule has 37 heavy (non-hydrogen) atoms. The Labute approximate surface area is 219 Å². The summed E-state index contributed by atoms with van der Waals surface area (Å²) in [5.74, 6) is 0. The molecule has 0 fully saturated rings. The molecule has 0 unspecified atom stereocenters. The summed E-state index contributed by atoms with van der Waals surface area (Å²) in [5.41, 5.74) is 13.7. The Morgan fingerprint density at radius 3 is 1.92 bits per heavy atom. The lowest BCUT2D eigenvalue weighted by Crippen LogP contribution is -2.31. The standard InChI is InChI=1S/C35H29N2/c1-23-13-19-28-29-20-18-27(22-36)32(26-16-14-25(15-17-26)24-10-6-5-7-11-24)34(29)35(2,3)33(28)31(23)30-12-8-9-21-37(30)4/h5-21H,1-4H3/q+1. The van der Waals surface area contributed by atoms with Gasteiger partial charge in [0.2, 0.25) is 5.69 Å². The number of nitrogens with zero attached hydrogens (tertiary/aromatic N) is 2. The molecule has 1 aliphatic rings. The average molecular weight is 478 g/mol. The van der Waals surface area contributed by atoms with E-state index < -0.39 is 0 Å². The molecule has 0 spiro atoms. The second kappa shape index (κ2) is 8.57. The summed E-state index contributed by atoms with van der Waals surface area (Å²) < 4.78 is 2.20. The van der Waals surface area contributed by atoms with Gasteiger partial charge in [0.05, 0.1) is 17.2 Å². The third kappa shape index (κ3) is 3.51. The fourth-order valence-corrected chi connectivity index (χ4v) is 6.15. The Bertz CT molecular complexity index is 1700. The molecule has 0 saturated heterocycles. The molecule has 178 valence electrons. The molecule has 0 aliphatic heterocycles. The van der Waals surface area contributed by atoms with E-state index in [2.05, 4.69) is 130 Å². The average Bonchev–Trinajstić information content (AvgIpc) is 3.16. The molecular formula is C35H29N2+. The van der Waals surface area contributed by atoms with Gasteiger partial charge in [0.15, 0.2) is 6.20 Å². The number of rotatable bonds is 3. The van der Waals surface area contributed by atoms with E-state index in [-0.39, 0.29) is 5.41 Å². The van der Waals surface area contributed by atoms with Gasteiger partial charge < -0.3 is 0 Å². The molecule has 2 heteroatoms. The minimum Gasteiger partial charge on any atom is -0.201 e. The van der Waals surface area contributed by atoms with Crippen LogP contribution in [0, 0.1) is 18.3 Å². The van der Waals surface area contributed by atoms with E-state index in [0.717, 1.165) is 16.7 Å². The maximum atomic E-state index is 10.2. The maximum absolute atomic E-state index is 10.2. The minimum absolute atomic E-state index is 0.283. The summed E-state index contributed by atoms with van der Waals surface area (Å²) in [7, 11) is 2.11. The zero-order chi connectivity index (χ0) is 25.7. The van der Waals surface area contributed by atoms with E-state index in [4.69, 9.17) is 0 Å². The minimum atomic E-state index is -0.283. The molecule has 2 nitrogen and oxygen atoms in total. The van der Waals surface area contributed by atoms with Crippen molar-refractivity contribution in [3.63, 3.8) is 0 Å². The number of hydrogen-bond donors (Lipinski definition) is 0. The van der Waals surface area contributed by atoms with Gasteiger partial charge in [-0.3, -0.25) is 0 Å². The van der Waals surface area contributed by atoms with Crippen molar-refractivity contribution >= 4 is 0 Å². The highest BCUT2D eigenvalue weighted by atomic mass is 14.9. The first-order chi connectivity index (χ1) is 17.9. The van der Waals surface area contributed by atoms with E-state index in [0.29, 0.717) is 0 Å². The van der Waals surface area contributed by atoms with Crippen LogP contribution >= 0.6 is 0 Å². The first-order valence-electron chi connectivity index (χ1n) is 12.7. The fourth-order valence-electron chi connectivity index (χ4n) is 6.15. The molecule has 1 aliphatic carbocycles. The molecule has 0 radical (unpaired) electrons. The van der Waals surface area contributed by atoms with Crippen LogP contribution in [-0.2, 0) is 12.5 Å². The van der Waals surface area contributed by atoms with E-state index in [1.807, 2.05) is 12.1 Å². The molecule has 6 rings (SSSR count). The summed E-state index contributed by atoms with van der Waals surface area (Å²) in [6, 6.07) is 36.6. The number of aromatic nitrogens is 1. The molecule has 0 N–H and O–H groups in total. The molecule has 0 amide bonds. The molecule has 0 atom stereocenters. The van der Waals surface area contributed by atoms with Crippen LogP contribution < -0.4 is 4.57 Å². The highest BCUT2D eigenvalue weighted by Crippen LogP contribution is 2.56. The number of aryl methyl sites for hydroxylation is 2. The van der Waals surface area contributed by atoms with Gasteiger partial charge in [-0.1, -0.05) is 86.6 Å². The number of benzene rings is 4. The summed E-state index contributed by atoms with van der Waals surface area (Å²) >= 11 is 0. The van der Waals surface area contributed by atoms with Gasteiger partial charge in [0.25, 0.3) is 0 Å². The van der Waals surface area contributed by atoms with Gasteiger partial charge in [-0.25, -0.2) is 4.57 Å². The zero-order valence-electron chi connectivity index (χ0n) is 21.7. The van der Waals surface area contributed by atoms with Crippen LogP contribution in [0.5, 0.6) is 0 Å². The van der Waals surface area contributed by atoms with Crippen LogP contribution in [0.4, 0.5) is 0 Å². The van der Waals surface area contributed by atoms with Crippen LogP contribution in [0.25, 0.3) is 44.6 Å². The van der Waals surface area contributed by atoms with Crippen molar-refractivity contribution in [1.82, 2.24) is 0 Å². The van der Waals surface area contributed by atoms with Gasteiger partial charge in [-0.15, -0.1) is 0 Å². The van der Waals surface area contributed by atoms with Crippen molar-refractivity contribution in [3.8, 4) is 50.7 Å². The van der Waals surface area contributed by atoms with Crippen LogP contribution in [0.2, 0.25) is 0 Å². The molecular weight excluding hydrogens is 448 g/mol. The number of fused-ring (bicyclic) bond motifs is 3. The zero-order valence-corrected chi connectivity index (χ0v) is 21.7. The normalized spacial score (nSPS) is 13.1. The van der Waals surface area contributed by atoms with E-state index in [1.165, 1.54) is 50.2 Å². The van der Waals surface area contributed by atoms with Gasteiger partial charge in [-0.05, 0) is 63.6 Å². The Morgan fingerprint density at radius 2 is 1.24 bits per heavy atom. The Morgan fingerprint density at radius 1 is 0.649 bits per heavy atom. The summed E-state index contributed by atoms with van der Waals surface area (Å²) in [5, 5.41) is 10.2. The van der Waals surface area contributed by atoms with Crippen LogP contribution in [-0.4, -0.2) is 0 Å². The lowest BCUT2D eigenvalue weighted by molar-refractivity contribution is -0.660. The summed E-state index contributed by atoms with van der Waals surface area (Å²) in [6.07, 6.45) is 2.11. The van der Waals surface area contributed by atoms with Crippen molar-refractivity contribution in [1.29, 1.82) is 5.26 Å². The van der Waals surface area contributed by atoms with Crippen LogP contribution in [0.1, 0.15) is 36.1 Å². The lowest BCUT2D eigenvalue weighted by atomic mass is 9.75. The topological polar surface area (TPSA) is 27.7 Å². The highest BCUT2D eigenvalue weighted by Gasteiger charge is 2.42. The molecule has 5 aromatic rings. The first kappa shape index (κ1) is 23.0. The number of hydrogen-bond acceptors (Lipinski definition) is 1. The number of nitriles is 1. The van der Waals surface area contributed by atoms with Gasteiger partial charge in [0.1, 0.15) is 7.05 Å². The predicted molar refractivity (Wildman–Crippen MR) is 151 cm³/mol. The highest BCUT2D eigenvalue weighted by molar-refractivity contribution is 5.94. The second-order valence-corrected chi connectivity index (χ2v) is 10.5. The maximum Gasteiger partial charge on any atom is 0.212 e. The first-order valence-corrected chi connectivity index (χ1v) is 12.7. The van der Waals surface area contributed by atoms with Crippen molar-refractivity contribution in [3.05, 3.63) is 126 Å². The predicted octanol–water partition coefficient (Wildman–Crippen LogP) is 8.00. The molecule has 1 heterocycles. The Kier molecular flexibility index (Phi) is 5.32. The van der Waals surface area contributed by atoms with E-state index >= 15 is 0 Å². The van der Waals surface area contributed by atoms with Gasteiger partial charge >= 0.3 is 0 Å². The van der Waals surface area contributed by atoms with Crippen LogP contribution in [0.15, 0.2) is 103 Å². The van der Waals surface area contributed by atoms with Gasteiger partial charge in [0, 0.05) is 23.1 Å². The Balaban J connectivity index is 1.59. The van der Waals surface area contributed by atoms with Crippen molar-refractivity contribution in [2.75, 3.05) is 0 Å². The van der Waals surface area contributed by atoms with Crippen molar-refractivity contribution in [2.45, 2.75) is 26.2 Å². The number of pyridine rings is 1. The SMILES string of the molecule is Cc1ccc2c(c1-c1cccc[n+]1C)C(C)(C)c1c-2ccc(C#N)c1-c1ccc(-c2ccccc2)cc1. The quantitative estimate of drug-likeness (QED) is 0.242. The van der Waals surface area contributed by atoms with Crippen molar-refractivity contribution in [2.24, 2.45) is 7.05 Å². The second-order valence-electron chi connectivity index (χ2n) is 10.5. The third-order valence-electron chi connectivity index (χ3n) is 7.87. The summed E-state index contributed by atoms with van der Waals surface area (Å²) in [4.78, 5) is 0. The molecule has 0 bridgehead atoms. The fraction of sp³-hybridized carbons (Fsp3) is 0.143. The van der Waals surface area contributed by atoms with Crippen molar-refractivity contribution < 1.29 is 4.57 Å².